The fourth-order valence-corrected chi connectivity index (χ4v) is 4.86. The lowest BCUT2D eigenvalue weighted by Crippen LogP contribution is -2.29. The van der Waals surface area contributed by atoms with Gasteiger partial charge in [-0.15, -0.1) is 0 Å². The van der Waals surface area contributed by atoms with E-state index in [4.69, 9.17) is 0 Å². The molecular formula is C24H16FN3O3S. The highest BCUT2D eigenvalue weighted by atomic mass is 32.1. The minimum atomic E-state index is -0.921. The molecule has 3 heterocycles. The van der Waals surface area contributed by atoms with E-state index in [1.807, 2.05) is 25.1 Å². The summed E-state index contributed by atoms with van der Waals surface area (Å²) in [5.74, 6) is -2.48. The van der Waals surface area contributed by atoms with E-state index in [0.29, 0.717) is 16.2 Å². The van der Waals surface area contributed by atoms with Gasteiger partial charge >= 0.3 is 5.91 Å². The number of aromatic nitrogens is 2. The van der Waals surface area contributed by atoms with Gasteiger partial charge in [0.15, 0.2) is 5.13 Å². The number of nitrogens with zero attached hydrogens (tertiary/aromatic N) is 3. The molecule has 2 aromatic carbocycles. The maximum absolute atomic E-state index is 13.4. The third-order valence-electron chi connectivity index (χ3n) is 5.30. The van der Waals surface area contributed by atoms with E-state index in [1.54, 1.807) is 24.5 Å². The number of halogens is 1. The zero-order valence-corrected chi connectivity index (χ0v) is 17.6. The molecule has 0 radical (unpaired) electrons. The zero-order chi connectivity index (χ0) is 22.4. The molecule has 4 aromatic rings. The van der Waals surface area contributed by atoms with Gasteiger partial charge in [-0.1, -0.05) is 23.5 Å². The molecule has 1 unspecified atom stereocenters. The second-order valence-corrected chi connectivity index (χ2v) is 8.44. The van der Waals surface area contributed by atoms with Gasteiger partial charge in [-0.2, -0.15) is 0 Å². The van der Waals surface area contributed by atoms with Gasteiger partial charge in [0, 0.05) is 18.0 Å². The van der Waals surface area contributed by atoms with Crippen molar-refractivity contribution in [2.75, 3.05) is 4.90 Å². The number of hydrogen-bond donors (Lipinski definition) is 1. The number of rotatable bonds is 3. The molecule has 1 amide bonds. The van der Waals surface area contributed by atoms with E-state index in [0.717, 1.165) is 10.3 Å². The second-order valence-electron chi connectivity index (χ2n) is 7.43. The molecule has 1 saturated heterocycles. The van der Waals surface area contributed by atoms with Crippen molar-refractivity contribution in [2.45, 2.75) is 13.0 Å². The summed E-state index contributed by atoms with van der Waals surface area (Å²) in [4.78, 5) is 36.2. The normalized spacial score (nSPS) is 17.9. The lowest BCUT2D eigenvalue weighted by molar-refractivity contribution is -0.132. The van der Waals surface area contributed by atoms with Crippen LogP contribution in [0, 0.1) is 12.7 Å². The first-order valence-electron chi connectivity index (χ1n) is 9.78. The van der Waals surface area contributed by atoms with Crippen molar-refractivity contribution in [1.29, 1.82) is 0 Å². The number of ketones is 1. The minimum absolute atomic E-state index is 0.0926. The maximum atomic E-state index is 13.4. The predicted molar refractivity (Wildman–Crippen MR) is 120 cm³/mol. The Labute approximate surface area is 186 Å². The smallest absolute Gasteiger partial charge is 0.301 e. The molecule has 158 valence electrons. The molecule has 1 N–H and O–H groups in total. The summed E-state index contributed by atoms with van der Waals surface area (Å²) in [6.07, 6.45) is 3.12. The number of aliphatic hydroxyl groups is 1. The van der Waals surface area contributed by atoms with E-state index >= 15 is 0 Å². The van der Waals surface area contributed by atoms with Crippen molar-refractivity contribution in [3.05, 3.63) is 95.1 Å². The van der Waals surface area contributed by atoms with Gasteiger partial charge in [-0.3, -0.25) is 19.5 Å². The average molecular weight is 445 g/mol. The SMILES string of the molecule is Cc1ccc2nc(N3C(=O)C(=O)/C(=C(/O)c4ccc(F)cc4)C3c3cccnc3)sc2c1. The van der Waals surface area contributed by atoms with Crippen LogP contribution in [0.1, 0.15) is 22.7 Å². The van der Waals surface area contributed by atoms with Crippen molar-refractivity contribution < 1.29 is 19.1 Å². The van der Waals surface area contributed by atoms with Gasteiger partial charge in [0.25, 0.3) is 5.78 Å². The fraction of sp³-hybridized carbons (Fsp3) is 0.0833. The van der Waals surface area contributed by atoms with Crippen LogP contribution in [0.25, 0.3) is 16.0 Å². The number of carbonyl (C=O) groups excluding carboxylic acids is 2. The van der Waals surface area contributed by atoms with Crippen molar-refractivity contribution in [3.63, 3.8) is 0 Å². The Morgan fingerprint density at radius 1 is 1.12 bits per heavy atom. The summed E-state index contributed by atoms with van der Waals surface area (Å²) in [6.45, 7) is 1.96. The maximum Gasteiger partial charge on any atom is 0.301 e. The number of carbonyl (C=O) groups is 2. The van der Waals surface area contributed by atoms with Crippen LogP contribution in [0.5, 0.6) is 0 Å². The van der Waals surface area contributed by atoms with Gasteiger partial charge in [-0.05, 0) is 60.5 Å². The van der Waals surface area contributed by atoms with E-state index < -0.39 is 23.5 Å². The number of pyridine rings is 1. The molecule has 1 aliphatic rings. The second kappa shape index (κ2) is 7.65. The monoisotopic (exact) mass is 445 g/mol. The molecule has 8 heteroatoms. The highest BCUT2D eigenvalue weighted by Crippen LogP contribution is 2.44. The number of anilines is 1. The standard InChI is InChI=1S/C24H16FN3O3S/c1-13-4-9-17-18(11-13)32-24(27-17)28-20(15-3-2-10-26-12-15)19(22(30)23(28)31)21(29)14-5-7-16(25)8-6-14/h2-12,20,29H,1H3/b21-19+. The molecule has 1 aliphatic heterocycles. The lowest BCUT2D eigenvalue weighted by Gasteiger charge is -2.22. The first kappa shape index (κ1) is 20.0. The number of Topliss-reactive ketones (excluding diaryl/α,β-unsaturated/α-hetero) is 1. The highest BCUT2D eigenvalue weighted by Gasteiger charge is 2.48. The lowest BCUT2D eigenvalue weighted by atomic mass is 9.96. The summed E-state index contributed by atoms with van der Waals surface area (Å²) in [5.41, 5.74) is 2.45. The van der Waals surface area contributed by atoms with E-state index in [-0.39, 0.29) is 16.9 Å². The minimum Gasteiger partial charge on any atom is -0.507 e. The van der Waals surface area contributed by atoms with Gasteiger partial charge in [0.2, 0.25) is 0 Å². The van der Waals surface area contributed by atoms with E-state index in [1.165, 1.54) is 40.5 Å². The van der Waals surface area contributed by atoms with Crippen molar-refractivity contribution in [2.24, 2.45) is 0 Å². The summed E-state index contributed by atoms with van der Waals surface area (Å²) >= 11 is 1.29. The quantitative estimate of drug-likeness (QED) is 0.279. The van der Waals surface area contributed by atoms with Crippen molar-refractivity contribution in [1.82, 2.24) is 9.97 Å². The first-order valence-corrected chi connectivity index (χ1v) is 10.6. The third-order valence-corrected chi connectivity index (χ3v) is 6.32. The van der Waals surface area contributed by atoms with Crippen LogP contribution in [0.15, 0.2) is 72.6 Å². The van der Waals surface area contributed by atoms with Crippen LogP contribution < -0.4 is 4.90 Å². The number of hydrogen-bond acceptors (Lipinski definition) is 6. The van der Waals surface area contributed by atoms with E-state index in [2.05, 4.69) is 9.97 Å². The predicted octanol–water partition coefficient (Wildman–Crippen LogP) is 4.77. The largest absolute Gasteiger partial charge is 0.507 e. The number of aliphatic hydroxyl groups excluding tert-OH is 1. The van der Waals surface area contributed by atoms with Crippen LogP contribution >= 0.6 is 11.3 Å². The summed E-state index contributed by atoms with van der Waals surface area (Å²) < 4.78 is 14.3. The summed E-state index contributed by atoms with van der Waals surface area (Å²) in [6, 6.07) is 13.3. The summed E-state index contributed by atoms with van der Waals surface area (Å²) in [5, 5.41) is 11.3. The molecule has 0 aliphatic carbocycles. The molecule has 0 spiro atoms. The van der Waals surface area contributed by atoms with Crippen LogP contribution in [0.4, 0.5) is 9.52 Å². The number of thiazole rings is 1. The molecule has 2 aromatic heterocycles. The fourth-order valence-electron chi connectivity index (χ4n) is 3.77. The molecule has 5 rings (SSSR count). The van der Waals surface area contributed by atoms with Gasteiger partial charge in [0.05, 0.1) is 21.8 Å². The molecule has 0 bridgehead atoms. The molecule has 6 nitrogen and oxygen atoms in total. The van der Waals surface area contributed by atoms with Crippen LogP contribution in [-0.2, 0) is 9.59 Å². The molecule has 1 atom stereocenters. The Kier molecular flexibility index (Phi) is 4.79. The number of amides is 1. The van der Waals surface area contributed by atoms with E-state index in [9.17, 15) is 19.1 Å². The molecule has 0 saturated carbocycles. The molecule has 32 heavy (non-hydrogen) atoms. The van der Waals surface area contributed by atoms with Gasteiger partial charge < -0.3 is 5.11 Å². The Balaban J connectivity index is 1.72. The van der Waals surface area contributed by atoms with Crippen LogP contribution in [-0.4, -0.2) is 26.8 Å². The van der Waals surface area contributed by atoms with Crippen LogP contribution in [0.3, 0.4) is 0 Å². The zero-order valence-electron chi connectivity index (χ0n) is 16.8. The highest BCUT2D eigenvalue weighted by molar-refractivity contribution is 7.22. The molecule has 1 fully saturated rings. The molecular weight excluding hydrogens is 429 g/mol. The third kappa shape index (κ3) is 3.25. The van der Waals surface area contributed by atoms with Crippen molar-refractivity contribution in [3.8, 4) is 0 Å². The first-order chi connectivity index (χ1) is 15.4. The van der Waals surface area contributed by atoms with Crippen LogP contribution in [0.2, 0.25) is 0 Å². The Bertz CT molecular complexity index is 1400. The summed E-state index contributed by atoms with van der Waals surface area (Å²) in [7, 11) is 0. The Morgan fingerprint density at radius 3 is 2.62 bits per heavy atom. The van der Waals surface area contributed by atoms with Gasteiger partial charge in [0.1, 0.15) is 11.6 Å². The average Bonchev–Trinajstić information content (AvgIpc) is 3.32. The Hall–Kier alpha value is -3.91. The Morgan fingerprint density at radius 2 is 1.91 bits per heavy atom. The topological polar surface area (TPSA) is 83.4 Å². The number of aryl methyl sites for hydroxylation is 1. The van der Waals surface area contributed by atoms with Crippen molar-refractivity contribution >= 4 is 44.1 Å². The number of fused-ring (bicyclic) bond motifs is 1. The number of benzene rings is 2. The van der Waals surface area contributed by atoms with Gasteiger partial charge in [-0.25, -0.2) is 9.37 Å².